The van der Waals surface area contributed by atoms with Gasteiger partial charge in [-0.15, -0.1) is 5.10 Å². The van der Waals surface area contributed by atoms with Crippen LogP contribution in [0.4, 0.5) is 4.39 Å². The third kappa shape index (κ3) is 3.13. The zero-order valence-electron chi connectivity index (χ0n) is 14.8. The van der Waals surface area contributed by atoms with Crippen LogP contribution >= 0.6 is 0 Å². The van der Waals surface area contributed by atoms with Crippen molar-refractivity contribution in [1.29, 1.82) is 0 Å². The van der Waals surface area contributed by atoms with Crippen LogP contribution in [0.3, 0.4) is 0 Å². The molecule has 0 unspecified atom stereocenters. The number of tetrazole rings is 1. The van der Waals surface area contributed by atoms with E-state index in [2.05, 4.69) is 25.7 Å². The van der Waals surface area contributed by atoms with E-state index in [0.29, 0.717) is 17.2 Å². The number of rotatable bonds is 5. The number of esters is 1. The number of hydrogen-bond acceptors (Lipinski definition) is 6. The fourth-order valence-corrected chi connectivity index (χ4v) is 2.86. The SMILES string of the molecule is CCOC(=O)c1cnn(-c2ccc(-c3nnn[nH]3)cc2)c1-c1ccccc1F. The molecule has 1 N–H and O–H groups in total. The summed E-state index contributed by atoms with van der Waals surface area (Å²) in [5.74, 6) is -0.496. The minimum Gasteiger partial charge on any atom is -0.462 e. The van der Waals surface area contributed by atoms with Gasteiger partial charge in [0.05, 0.1) is 24.2 Å². The molecular weight excluding hydrogens is 363 g/mol. The van der Waals surface area contributed by atoms with E-state index >= 15 is 0 Å². The van der Waals surface area contributed by atoms with Crippen LogP contribution in [0.5, 0.6) is 0 Å². The molecule has 0 aliphatic heterocycles. The largest absolute Gasteiger partial charge is 0.462 e. The Kier molecular flexibility index (Phi) is 4.63. The van der Waals surface area contributed by atoms with Gasteiger partial charge in [0, 0.05) is 11.1 Å². The Morgan fingerprint density at radius 1 is 1.18 bits per heavy atom. The highest BCUT2D eigenvalue weighted by Gasteiger charge is 2.23. The Bertz CT molecular complexity index is 1110. The van der Waals surface area contributed by atoms with E-state index in [9.17, 15) is 9.18 Å². The smallest absolute Gasteiger partial charge is 0.342 e. The summed E-state index contributed by atoms with van der Waals surface area (Å²) in [5, 5.41) is 18.0. The minimum absolute atomic E-state index is 0.190. The summed E-state index contributed by atoms with van der Waals surface area (Å²) in [6, 6.07) is 13.4. The Labute approximate surface area is 159 Å². The van der Waals surface area contributed by atoms with Crippen molar-refractivity contribution in [2.24, 2.45) is 0 Å². The van der Waals surface area contributed by atoms with Crippen molar-refractivity contribution in [2.75, 3.05) is 6.61 Å². The molecule has 0 saturated carbocycles. The molecule has 0 radical (unpaired) electrons. The molecule has 0 fully saturated rings. The van der Waals surface area contributed by atoms with Crippen molar-refractivity contribution in [3.05, 3.63) is 66.1 Å². The molecule has 2 aromatic heterocycles. The predicted molar refractivity (Wildman–Crippen MR) is 98.1 cm³/mol. The number of nitrogens with zero attached hydrogens (tertiary/aromatic N) is 5. The number of H-pyrrole nitrogens is 1. The summed E-state index contributed by atoms with van der Waals surface area (Å²) in [4.78, 5) is 12.4. The summed E-state index contributed by atoms with van der Waals surface area (Å²) < 4.78 is 21.1. The van der Waals surface area contributed by atoms with Crippen molar-refractivity contribution in [2.45, 2.75) is 6.92 Å². The second-order valence-electron chi connectivity index (χ2n) is 5.82. The van der Waals surface area contributed by atoms with Crippen LogP contribution in [-0.2, 0) is 4.74 Å². The van der Waals surface area contributed by atoms with Gasteiger partial charge in [-0.2, -0.15) is 5.10 Å². The second kappa shape index (κ2) is 7.39. The van der Waals surface area contributed by atoms with Gasteiger partial charge in [-0.3, -0.25) is 0 Å². The molecule has 0 aliphatic carbocycles. The molecule has 0 atom stereocenters. The number of halogens is 1. The van der Waals surface area contributed by atoms with Crippen LogP contribution in [0.25, 0.3) is 28.3 Å². The Hall–Kier alpha value is -3.88. The quantitative estimate of drug-likeness (QED) is 0.536. The number of aromatic amines is 1. The van der Waals surface area contributed by atoms with Gasteiger partial charge in [0.15, 0.2) is 5.82 Å². The molecule has 0 amide bonds. The van der Waals surface area contributed by atoms with Crippen LogP contribution in [0, 0.1) is 5.82 Å². The Morgan fingerprint density at radius 2 is 1.96 bits per heavy atom. The van der Waals surface area contributed by atoms with Gasteiger partial charge in [0.25, 0.3) is 0 Å². The van der Waals surface area contributed by atoms with E-state index in [-0.39, 0.29) is 17.7 Å². The van der Waals surface area contributed by atoms with Crippen LogP contribution in [0.2, 0.25) is 0 Å². The lowest BCUT2D eigenvalue weighted by Gasteiger charge is -2.11. The monoisotopic (exact) mass is 378 g/mol. The van der Waals surface area contributed by atoms with Gasteiger partial charge >= 0.3 is 5.97 Å². The fourth-order valence-electron chi connectivity index (χ4n) is 2.86. The van der Waals surface area contributed by atoms with Crippen molar-refractivity contribution < 1.29 is 13.9 Å². The van der Waals surface area contributed by atoms with E-state index in [4.69, 9.17) is 4.74 Å². The van der Waals surface area contributed by atoms with Gasteiger partial charge in [0.1, 0.15) is 11.4 Å². The average Bonchev–Trinajstić information content (AvgIpc) is 3.39. The van der Waals surface area contributed by atoms with Crippen LogP contribution < -0.4 is 0 Å². The molecule has 2 aromatic carbocycles. The number of ether oxygens (including phenoxy) is 1. The topological polar surface area (TPSA) is 98.6 Å². The Balaban J connectivity index is 1.83. The van der Waals surface area contributed by atoms with Gasteiger partial charge in [-0.05, 0) is 53.7 Å². The maximum Gasteiger partial charge on any atom is 0.342 e. The first kappa shape index (κ1) is 17.5. The standard InChI is InChI=1S/C19H15FN6O2/c1-2-28-19(27)15-11-21-26(17(15)14-5-3-4-6-16(14)20)13-9-7-12(8-10-13)18-22-24-25-23-18/h3-11H,2H2,1H3,(H,22,23,24,25). The fraction of sp³-hybridized carbons (Fsp3) is 0.105. The number of aromatic nitrogens is 6. The molecule has 140 valence electrons. The number of nitrogens with one attached hydrogen (secondary N) is 1. The van der Waals surface area contributed by atoms with Gasteiger partial charge in [-0.25, -0.2) is 19.0 Å². The van der Waals surface area contributed by atoms with E-state index in [1.807, 2.05) is 0 Å². The maximum absolute atomic E-state index is 14.5. The predicted octanol–water partition coefficient (Wildman–Crippen LogP) is 3.04. The highest BCUT2D eigenvalue weighted by atomic mass is 19.1. The zero-order valence-corrected chi connectivity index (χ0v) is 14.8. The molecular formula is C19H15FN6O2. The van der Waals surface area contributed by atoms with E-state index < -0.39 is 11.8 Å². The van der Waals surface area contributed by atoms with Crippen LogP contribution in [0.15, 0.2) is 54.7 Å². The lowest BCUT2D eigenvalue weighted by Crippen LogP contribution is -2.07. The summed E-state index contributed by atoms with van der Waals surface area (Å²) in [7, 11) is 0. The van der Waals surface area contributed by atoms with Crippen LogP contribution in [0.1, 0.15) is 17.3 Å². The number of carbonyl (C=O) groups excluding carboxylic acids is 1. The first-order valence-corrected chi connectivity index (χ1v) is 8.53. The van der Waals surface area contributed by atoms with Crippen molar-refractivity contribution >= 4 is 5.97 Å². The lowest BCUT2D eigenvalue weighted by molar-refractivity contribution is 0.0527. The average molecular weight is 378 g/mol. The highest BCUT2D eigenvalue weighted by molar-refractivity contribution is 5.96. The van der Waals surface area contributed by atoms with E-state index in [0.717, 1.165) is 5.56 Å². The molecule has 0 aliphatic rings. The zero-order chi connectivity index (χ0) is 19.5. The summed E-state index contributed by atoms with van der Waals surface area (Å²) in [6.45, 7) is 1.92. The summed E-state index contributed by atoms with van der Waals surface area (Å²) in [6.07, 6.45) is 1.38. The lowest BCUT2D eigenvalue weighted by atomic mass is 10.1. The number of hydrogen-bond donors (Lipinski definition) is 1. The third-order valence-electron chi connectivity index (χ3n) is 4.12. The van der Waals surface area contributed by atoms with Gasteiger partial charge in [0.2, 0.25) is 0 Å². The number of benzene rings is 2. The molecule has 0 saturated heterocycles. The minimum atomic E-state index is -0.559. The first-order chi connectivity index (χ1) is 13.7. The normalized spacial score (nSPS) is 10.8. The second-order valence-corrected chi connectivity index (χ2v) is 5.82. The van der Waals surface area contributed by atoms with E-state index in [1.54, 1.807) is 49.4 Å². The first-order valence-electron chi connectivity index (χ1n) is 8.53. The highest BCUT2D eigenvalue weighted by Crippen LogP contribution is 2.30. The van der Waals surface area contributed by atoms with Gasteiger partial charge in [-0.1, -0.05) is 12.1 Å². The molecule has 0 spiro atoms. The third-order valence-corrected chi connectivity index (χ3v) is 4.12. The Morgan fingerprint density at radius 3 is 2.64 bits per heavy atom. The van der Waals surface area contributed by atoms with Crippen molar-refractivity contribution in [3.63, 3.8) is 0 Å². The van der Waals surface area contributed by atoms with E-state index in [1.165, 1.54) is 16.9 Å². The summed E-state index contributed by atoms with van der Waals surface area (Å²) in [5.41, 5.74) is 2.19. The van der Waals surface area contributed by atoms with Gasteiger partial charge < -0.3 is 4.74 Å². The molecule has 4 rings (SSSR count). The molecule has 4 aromatic rings. The van der Waals surface area contributed by atoms with Crippen molar-refractivity contribution in [3.8, 4) is 28.3 Å². The molecule has 2 heterocycles. The van der Waals surface area contributed by atoms with Crippen LogP contribution in [-0.4, -0.2) is 43.0 Å². The number of carbonyl (C=O) groups is 1. The van der Waals surface area contributed by atoms with Crippen molar-refractivity contribution in [1.82, 2.24) is 30.4 Å². The molecule has 8 nitrogen and oxygen atoms in total. The summed E-state index contributed by atoms with van der Waals surface area (Å²) >= 11 is 0. The molecule has 28 heavy (non-hydrogen) atoms. The molecule has 9 heteroatoms. The molecule has 0 bridgehead atoms. The maximum atomic E-state index is 14.5.